The van der Waals surface area contributed by atoms with Gasteiger partial charge in [0, 0.05) is 6.54 Å². The lowest BCUT2D eigenvalue weighted by Gasteiger charge is -2.22. The van der Waals surface area contributed by atoms with Crippen LogP contribution in [0.1, 0.15) is 19.1 Å². The minimum absolute atomic E-state index is 0.0452. The minimum atomic E-state index is -5.19. The second-order valence-electron chi connectivity index (χ2n) is 7.16. The van der Waals surface area contributed by atoms with Crippen molar-refractivity contribution in [2.75, 3.05) is 5.73 Å². The molecule has 4 N–H and O–H groups in total. The van der Waals surface area contributed by atoms with Crippen LogP contribution in [0.15, 0.2) is 4.79 Å². The molecule has 0 aromatic carbocycles. The van der Waals surface area contributed by atoms with E-state index in [1.807, 2.05) is 0 Å². The number of hydrogen-bond donors (Lipinski definition) is 3. The highest BCUT2D eigenvalue weighted by Gasteiger charge is 2.56. The van der Waals surface area contributed by atoms with Crippen molar-refractivity contribution in [2.24, 2.45) is 5.92 Å². The smallest absolute Gasteiger partial charge is 0.385 e. The van der Waals surface area contributed by atoms with Gasteiger partial charge < -0.3 is 20.7 Å². The number of halogens is 5. The fourth-order valence-electron chi connectivity index (χ4n) is 3.42. The molecule has 0 bridgehead atoms. The van der Waals surface area contributed by atoms with E-state index in [9.17, 15) is 32.6 Å². The van der Waals surface area contributed by atoms with E-state index in [1.165, 1.54) is 4.57 Å². The Hall–Kier alpha value is -1.96. The number of aliphatic hydroxyl groups excluding tert-OH is 2. The third-order valence-corrected chi connectivity index (χ3v) is 5.31. The van der Waals surface area contributed by atoms with Gasteiger partial charge in [-0.3, -0.25) is 4.57 Å². The predicted octanol–water partition coefficient (Wildman–Crippen LogP) is 0.758. The summed E-state index contributed by atoms with van der Waals surface area (Å²) in [5, 5.41) is 19.4. The molecule has 2 aromatic heterocycles. The van der Waals surface area contributed by atoms with Gasteiger partial charge in [0.2, 0.25) is 5.95 Å². The maximum Gasteiger partial charge on any atom is 0.417 e. The second kappa shape index (κ2) is 6.79. The zero-order valence-corrected chi connectivity index (χ0v) is 15.3. The average molecular weight is 442 g/mol. The molecule has 14 heteroatoms. The number of aliphatic hydroxyl groups is 2. The van der Waals surface area contributed by atoms with E-state index in [0.29, 0.717) is 4.57 Å². The number of aromatic nitrogens is 4. The number of fused-ring (bicyclic) bond motifs is 1. The maximum absolute atomic E-state index is 14.4. The van der Waals surface area contributed by atoms with Crippen LogP contribution in [0.2, 0.25) is 5.15 Å². The summed E-state index contributed by atoms with van der Waals surface area (Å²) in [6, 6.07) is 0. The Morgan fingerprint density at radius 2 is 2.00 bits per heavy atom. The Morgan fingerprint density at radius 3 is 2.59 bits per heavy atom. The van der Waals surface area contributed by atoms with Crippen molar-refractivity contribution >= 4 is 28.7 Å². The summed E-state index contributed by atoms with van der Waals surface area (Å²) >= 11 is 6.10. The van der Waals surface area contributed by atoms with Gasteiger partial charge in [-0.2, -0.15) is 23.1 Å². The average Bonchev–Trinajstić information content (AvgIpc) is 3.34. The Morgan fingerprint density at radius 1 is 1.34 bits per heavy atom. The molecule has 3 heterocycles. The van der Waals surface area contributed by atoms with E-state index in [2.05, 4.69) is 9.97 Å². The Balaban J connectivity index is 1.83. The van der Waals surface area contributed by atoms with Crippen LogP contribution in [-0.2, 0) is 11.3 Å². The molecule has 4 rings (SSSR count). The summed E-state index contributed by atoms with van der Waals surface area (Å²) in [4.78, 5) is 20.7. The first-order valence-electron chi connectivity index (χ1n) is 8.66. The number of ether oxygens (including phenoxy) is 1. The molecule has 29 heavy (non-hydrogen) atoms. The van der Waals surface area contributed by atoms with Crippen molar-refractivity contribution in [3.05, 3.63) is 15.6 Å². The minimum Gasteiger partial charge on any atom is -0.385 e. The summed E-state index contributed by atoms with van der Waals surface area (Å²) in [6.45, 7) is 0.228. The standard InChI is InChI=1S/C15H16ClF4N5O4/c16-10-6-11(23-13(21)22-10)25(14(28)24(6)3-4-1-2-4)12-7(26)5(17)8(29-12)9(27)15(18,19)20/h4-5,7-9,12,26-27H,1-3H2,(H2,21,22,23)/t5-,7-,8+,9?,12-/m1/s1. The van der Waals surface area contributed by atoms with Gasteiger partial charge in [-0.25, -0.2) is 13.8 Å². The molecule has 1 aliphatic heterocycles. The van der Waals surface area contributed by atoms with Crippen LogP contribution >= 0.6 is 11.6 Å². The first-order chi connectivity index (χ1) is 13.5. The van der Waals surface area contributed by atoms with Gasteiger partial charge in [0.25, 0.3) is 0 Å². The van der Waals surface area contributed by atoms with Crippen LogP contribution in [0, 0.1) is 5.92 Å². The first kappa shape index (κ1) is 20.3. The fraction of sp³-hybridized carbons (Fsp3) is 0.667. The molecule has 0 radical (unpaired) electrons. The molecule has 0 amide bonds. The summed E-state index contributed by atoms with van der Waals surface area (Å²) in [7, 11) is 0. The number of alkyl halides is 4. The van der Waals surface area contributed by atoms with Gasteiger partial charge in [-0.05, 0) is 18.8 Å². The topological polar surface area (TPSA) is 128 Å². The fourth-order valence-corrected chi connectivity index (χ4v) is 3.70. The Bertz CT molecular complexity index is 1010. The second-order valence-corrected chi connectivity index (χ2v) is 7.52. The molecule has 1 saturated carbocycles. The molecule has 2 aliphatic rings. The van der Waals surface area contributed by atoms with E-state index in [-0.39, 0.29) is 34.7 Å². The van der Waals surface area contributed by atoms with Crippen molar-refractivity contribution in [3.63, 3.8) is 0 Å². The zero-order valence-electron chi connectivity index (χ0n) is 14.6. The van der Waals surface area contributed by atoms with E-state index in [1.54, 1.807) is 0 Å². The van der Waals surface area contributed by atoms with Gasteiger partial charge >= 0.3 is 11.9 Å². The van der Waals surface area contributed by atoms with Crippen molar-refractivity contribution in [3.8, 4) is 0 Å². The third kappa shape index (κ3) is 3.35. The van der Waals surface area contributed by atoms with Gasteiger partial charge in [-0.15, -0.1) is 0 Å². The van der Waals surface area contributed by atoms with Gasteiger partial charge in [0.15, 0.2) is 29.3 Å². The number of imidazole rings is 1. The highest BCUT2D eigenvalue weighted by Crippen LogP contribution is 2.39. The number of anilines is 1. The van der Waals surface area contributed by atoms with Crippen LogP contribution in [0.25, 0.3) is 11.2 Å². The quantitative estimate of drug-likeness (QED) is 0.472. The number of nitrogen functional groups attached to an aromatic ring is 1. The SMILES string of the molecule is Nc1nc(Cl)c2c(n1)n([C@@H]1O[C@H](C(O)C(F)(F)F)[C@H](F)[C@H]1O)c(=O)n2CC1CC1. The molecule has 0 spiro atoms. The summed E-state index contributed by atoms with van der Waals surface area (Å²) < 4.78 is 59.7. The van der Waals surface area contributed by atoms with E-state index in [4.69, 9.17) is 22.1 Å². The largest absolute Gasteiger partial charge is 0.417 e. The molecule has 160 valence electrons. The molecule has 2 fully saturated rings. The number of nitrogens with zero attached hydrogens (tertiary/aromatic N) is 4. The van der Waals surface area contributed by atoms with Crippen molar-refractivity contribution < 1.29 is 32.5 Å². The molecular formula is C15H16ClF4N5O4. The van der Waals surface area contributed by atoms with Gasteiger partial charge in [0.05, 0.1) is 0 Å². The normalized spacial score (nSPS) is 28.9. The monoisotopic (exact) mass is 441 g/mol. The highest BCUT2D eigenvalue weighted by molar-refractivity contribution is 6.33. The van der Waals surface area contributed by atoms with E-state index < -0.39 is 42.6 Å². The molecule has 1 unspecified atom stereocenters. The molecular weight excluding hydrogens is 426 g/mol. The Kier molecular flexibility index (Phi) is 4.76. The van der Waals surface area contributed by atoms with Crippen molar-refractivity contribution in [2.45, 2.75) is 56.3 Å². The molecule has 5 atom stereocenters. The number of rotatable bonds is 4. The van der Waals surface area contributed by atoms with Crippen molar-refractivity contribution in [1.29, 1.82) is 0 Å². The lowest BCUT2D eigenvalue weighted by atomic mass is 10.1. The van der Waals surface area contributed by atoms with Crippen LogP contribution in [0.5, 0.6) is 0 Å². The van der Waals surface area contributed by atoms with Crippen LogP contribution in [0.4, 0.5) is 23.5 Å². The van der Waals surface area contributed by atoms with Gasteiger partial charge in [-0.1, -0.05) is 11.6 Å². The molecule has 1 saturated heterocycles. The number of nitrogens with two attached hydrogens (primary N) is 1. The predicted molar refractivity (Wildman–Crippen MR) is 90.8 cm³/mol. The molecule has 2 aromatic rings. The highest BCUT2D eigenvalue weighted by atomic mass is 35.5. The summed E-state index contributed by atoms with van der Waals surface area (Å²) in [6.07, 6.45) is -15.8. The van der Waals surface area contributed by atoms with Crippen LogP contribution in [0.3, 0.4) is 0 Å². The van der Waals surface area contributed by atoms with Crippen molar-refractivity contribution in [1.82, 2.24) is 19.1 Å². The maximum atomic E-state index is 14.4. The zero-order chi connectivity index (χ0) is 21.2. The van der Waals surface area contributed by atoms with Gasteiger partial charge in [0.1, 0.15) is 17.7 Å². The van der Waals surface area contributed by atoms with Crippen LogP contribution in [-0.4, -0.2) is 60.0 Å². The van der Waals surface area contributed by atoms with E-state index >= 15 is 0 Å². The van der Waals surface area contributed by atoms with E-state index in [0.717, 1.165) is 12.8 Å². The lowest BCUT2D eigenvalue weighted by Crippen LogP contribution is -2.44. The summed E-state index contributed by atoms with van der Waals surface area (Å²) in [5.41, 5.74) is 4.56. The third-order valence-electron chi connectivity index (χ3n) is 5.04. The first-order valence-corrected chi connectivity index (χ1v) is 9.04. The number of hydrogen-bond acceptors (Lipinski definition) is 7. The lowest BCUT2D eigenvalue weighted by molar-refractivity contribution is -0.241. The molecule has 1 aliphatic carbocycles. The molecule has 9 nitrogen and oxygen atoms in total. The van der Waals surface area contributed by atoms with Crippen LogP contribution < -0.4 is 11.4 Å². The summed E-state index contributed by atoms with van der Waals surface area (Å²) in [5.74, 6) is -0.153. The Labute approximate surface area is 164 Å².